The number of carbonyl (C=O) groups excluding carboxylic acids is 1. The molecule has 5 nitrogen and oxygen atoms in total. The first-order chi connectivity index (χ1) is 8.74. The van der Waals surface area contributed by atoms with E-state index in [0.717, 1.165) is 12.8 Å². The predicted octanol–water partition coefficient (Wildman–Crippen LogP) is 2.09. The number of nitrogens with one attached hydrogen (secondary N) is 1. The molecule has 1 fully saturated rings. The third-order valence-electron chi connectivity index (χ3n) is 4.54. The van der Waals surface area contributed by atoms with Gasteiger partial charge < -0.3 is 16.3 Å². The van der Waals surface area contributed by atoms with Crippen LogP contribution in [0.2, 0.25) is 0 Å². The van der Waals surface area contributed by atoms with Crippen molar-refractivity contribution in [2.75, 3.05) is 6.54 Å². The third kappa shape index (κ3) is 3.39. The molecule has 1 aliphatic rings. The van der Waals surface area contributed by atoms with Gasteiger partial charge in [0.1, 0.15) is 5.41 Å². The van der Waals surface area contributed by atoms with E-state index >= 15 is 0 Å². The van der Waals surface area contributed by atoms with Crippen molar-refractivity contribution in [3.8, 4) is 0 Å². The molecule has 110 valence electrons. The summed E-state index contributed by atoms with van der Waals surface area (Å²) in [6.07, 6.45) is 3.22. The number of carbonyl (C=O) groups is 1. The largest absolute Gasteiger partial charge is 0.409 e. The van der Waals surface area contributed by atoms with Crippen LogP contribution in [-0.4, -0.2) is 23.5 Å². The number of hydrogen-bond acceptors (Lipinski definition) is 3. The Kier molecular flexibility index (Phi) is 4.82. The SMILES string of the molecule is CC(CNC(=O)C1(C(N)=NO)CCCC1)C(C)(C)C. The van der Waals surface area contributed by atoms with Gasteiger partial charge in [0.25, 0.3) is 0 Å². The van der Waals surface area contributed by atoms with Gasteiger partial charge in [0.15, 0.2) is 5.84 Å². The van der Waals surface area contributed by atoms with E-state index in [0.29, 0.717) is 25.3 Å². The van der Waals surface area contributed by atoms with E-state index in [-0.39, 0.29) is 17.2 Å². The standard InChI is InChI=1S/C14H27N3O2/c1-10(13(2,3)4)9-16-12(18)14(11(15)17-19)7-5-6-8-14/h10,19H,5-9H2,1-4H3,(H2,15,17)(H,16,18). The Hall–Kier alpha value is -1.26. The molecule has 0 spiro atoms. The second-order valence-electron chi connectivity index (χ2n) is 6.75. The molecule has 0 aliphatic heterocycles. The Labute approximate surface area is 115 Å². The van der Waals surface area contributed by atoms with E-state index in [9.17, 15) is 4.79 Å². The minimum Gasteiger partial charge on any atom is -0.409 e. The average Bonchev–Trinajstić information content (AvgIpc) is 2.83. The number of nitrogens with two attached hydrogens (primary N) is 1. The lowest BCUT2D eigenvalue weighted by molar-refractivity contribution is -0.127. The number of oxime groups is 1. The Morgan fingerprint density at radius 2 is 1.95 bits per heavy atom. The molecule has 0 aromatic rings. The summed E-state index contributed by atoms with van der Waals surface area (Å²) in [5.74, 6) is 0.310. The fourth-order valence-electron chi connectivity index (χ4n) is 2.39. The highest BCUT2D eigenvalue weighted by Gasteiger charge is 2.45. The van der Waals surface area contributed by atoms with Crippen LogP contribution in [0, 0.1) is 16.7 Å². The quantitative estimate of drug-likeness (QED) is 0.316. The molecule has 1 rings (SSSR count). The van der Waals surface area contributed by atoms with Crippen LogP contribution in [0.5, 0.6) is 0 Å². The second kappa shape index (κ2) is 5.80. The van der Waals surface area contributed by atoms with Gasteiger partial charge in [0.05, 0.1) is 0 Å². The lowest BCUT2D eigenvalue weighted by atomic mass is 9.81. The van der Waals surface area contributed by atoms with E-state index in [1.54, 1.807) is 0 Å². The first-order valence-corrected chi connectivity index (χ1v) is 7.00. The van der Waals surface area contributed by atoms with Crippen LogP contribution in [0.25, 0.3) is 0 Å². The minimum absolute atomic E-state index is 0.0471. The van der Waals surface area contributed by atoms with E-state index in [4.69, 9.17) is 10.9 Å². The van der Waals surface area contributed by atoms with Crippen molar-refractivity contribution in [1.29, 1.82) is 0 Å². The van der Waals surface area contributed by atoms with Gasteiger partial charge >= 0.3 is 0 Å². The highest BCUT2D eigenvalue weighted by Crippen LogP contribution is 2.38. The van der Waals surface area contributed by atoms with Crippen molar-refractivity contribution in [3.63, 3.8) is 0 Å². The minimum atomic E-state index is -0.799. The first kappa shape index (κ1) is 15.8. The summed E-state index contributed by atoms with van der Waals surface area (Å²) >= 11 is 0. The van der Waals surface area contributed by atoms with Gasteiger partial charge in [-0.2, -0.15) is 0 Å². The molecule has 0 radical (unpaired) electrons. The van der Waals surface area contributed by atoms with Gasteiger partial charge in [0.2, 0.25) is 5.91 Å². The molecule has 0 bridgehead atoms. The molecular weight excluding hydrogens is 242 g/mol. The topological polar surface area (TPSA) is 87.7 Å². The van der Waals surface area contributed by atoms with Gasteiger partial charge in [0, 0.05) is 6.54 Å². The van der Waals surface area contributed by atoms with E-state index in [1.807, 2.05) is 0 Å². The van der Waals surface area contributed by atoms with Crippen molar-refractivity contribution in [2.24, 2.45) is 27.6 Å². The summed E-state index contributed by atoms with van der Waals surface area (Å²) < 4.78 is 0. The maximum Gasteiger partial charge on any atom is 0.233 e. The third-order valence-corrected chi connectivity index (χ3v) is 4.54. The van der Waals surface area contributed by atoms with Crippen LogP contribution >= 0.6 is 0 Å². The molecular formula is C14H27N3O2. The average molecular weight is 269 g/mol. The Balaban J connectivity index is 2.70. The predicted molar refractivity (Wildman–Crippen MR) is 75.9 cm³/mol. The Morgan fingerprint density at radius 1 is 1.42 bits per heavy atom. The second-order valence-corrected chi connectivity index (χ2v) is 6.75. The molecule has 1 amide bonds. The molecule has 1 saturated carbocycles. The molecule has 1 unspecified atom stereocenters. The van der Waals surface area contributed by atoms with E-state index in [1.165, 1.54) is 0 Å². The molecule has 4 N–H and O–H groups in total. The van der Waals surface area contributed by atoms with E-state index in [2.05, 4.69) is 38.2 Å². The van der Waals surface area contributed by atoms with Crippen molar-refractivity contribution in [2.45, 2.75) is 53.4 Å². The summed E-state index contributed by atoms with van der Waals surface area (Å²) in [5.41, 5.74) is 5.09. The van der Waals surface area contributed by atoms with Crippen molar-refractivity contribution < 1.29 is 10.0 Å². The smallest absolute Gasteiger partial charge is 0.233 e. The monoisotopic (exact) mass is 269 g/mol. The van der Waals surface area contributed by atoms with Crippen LogP contribution < -0.4 is 11.1 Å². The van der Waals surface area contributed by atoms with Gasteiger partial charge in [-0.1, -0.05) is 45.7 Å². The lowest BCUT2D eigenvalue weighted by Crippen LogP contribution is -2.49. The summed E-state index contributed by atoms with van der Waals surface area (Å²) in [4.78, 5) is 12.4. The Bertz CT molecular complexity index is 352. The molecule has 5 heteroatoms. The Morgan fingerprint density at radius 3 is 2.37 bits per heavy atom. The highest BCUT2D eigenvalue weighted by molar-refractivity contribution is 6.07. The lowest BCUT2D eigenvalue weighted by Gasteiger charge is -2.30. The fourth-order valence-corrected chi connectivity index (χ4v) is 2.39. The molecule has 0 saturated heterocycles. The van der Waals surface area contributed by atoms with E-state index < -0.39 is 5.41 Å². The van der Waals surface area contributed by atoms with Gasteiger partial charge in [-0.25, -0.2) is 0 Å². The number of hydrogen-bond donors (Lipinski definition) is 3. The van der Waals surface area contributed by atoms with Gasteiger partial charge in [-0.15, -0.1) is 0 Å². The summed E-state index contributed by atoms with van der Waals surface area (Å²) in [6.45, 7) is 9.18. The first-order valence-electron chi connectivity index (χ1n) is 7.00. The summed E-state index contributed by atoms with van der Waals surface area (Å²) in [7, 11) is 0. The molecule has 1 aliphatic carbocycles. The maximum atomic E-state index is 12.4. The summed E-state index contributed by atoms with van der Waals surface area (Å²) in [5, 5.41) is 14.9. The zero-order chi connectivity index (χ0) is 14.7. The zero-order valence-electron chi connectivity index (χ0n) is 12.5. The number of amides is 1. The molecule has 1 atom stereocenters. The highest BCUT2D eigenvalue weighted by atomic mass is 16.4. The molecule has 0 aromatic carbocycles. The van der Waals surface area contributed by atoms with Crippen LogP contribution in [0.15, 0.2) is 5.16 Å². The summed E-state index contributed by atoms with van der Waals surface area (Å²) in [6, 6.07) is 0. The normalized spacial score (nSPS) is 21.2. The van der Waals surface area contributed by atoms with Crippen molar-refractivity contribution in [1.82, 2.24) is 5.32 Å². The van der Waals surface area contributed by atoms with Crippen LogP contribution in [-0.2, 0) is 4.79 Å². The van der Waals surface area contributed by atoms with Crippen LogP contribution in [0.1, 0.15) is 53.4 Å². The van der Waals surface area contributed by atoms with Crippen LogP contribution in [0.3, 0.4) is 0 Å². The fraction of sp³-hybridized carbons (Fsp3) is 0.857. The number of amidine groups is 1. The number of nitrogens with zero attached hydrogens (tertiary/aromatic N) is 1. The van der Waals surface area contributed by atoms with Crippen molar-refractivity contribution in [3.05, 3.63) is 0 Å². The van der Waals surface area contributed by atoms with Gasteiger partial charge in [-0.3, -0.25) is 4.79 Å². The number of rotatable bonds is 4. The van der Waals surface area contributed by atoms with Crippen molar-refractivity contribution >= 4 is 11.7 Å². The van der Waals surface area contributed by atoms with Crippen LogP contribution in [0.4, 0.5) is 0 Å². The molecule has 19 heavy (non-hydrogen) atoms. The van der Waals surface area contributed by atoms with Gasteiger partial charge in [-0.05, 0) is 24.2 Å². The molecule has 0 aromatic heterocycles. The maximum absolute atomic E-state index is 12.4. The molecule has 0 heterocycles. The zero-order valence-corrected chi connectivity index (χ0v) is 12.5.